The molecule has 0 spiro atoms. The average Bonchev–Trinajstić information content (AvgIpc) is 2.90. The Morgan fingerprint density at radius 1 is 1.28 bits per heavy atom. The summed E-state index contributed by atoms with van der Waals surface area (Å²) in [5.41, 5.74) is -0.343. The summed E-state index contributed by atoms with van der Waals surface area (Å²) in [7, 11) is 1.79. The molecule has 1 saturated carbocycles. The number of carbonyl (C=O) groups excluding carboxylic acids is 1. The van der Waals surface area contributed by atoms with Crippen molar-refractivity contribution >= 4 is 12.1 Å². The molecule has 7 heteroatoms. The summed E-state index contributed by atoms with van der Waals surface area (Å²) in [4.78, 5) is 18.1. The Hall–Kier alpha value is -1.50. The molecule has 1 amide bonds. The zero-order chi connectivity index (χ0) is 18.4. The van der Waals surface area contributed by atoms with Crippen molar-refractivity contribution in [3.8, 4) is 0 Å². The summed E-state index contributed by atoms with van der Waals surface area (Å²) >= 11 is 0. The van der Waals surface area contributed by atoms with Gasteiger partial charge in [0.15, 0.2) is 5.96 Å². The summed E-state index contributed by atoms with van der Waals surface area (Å²) < 4.78 is 11.2. The van der Waals surface area contributed by atoms with Crippen LogP contribution < -0.4 is 10.6 Å². The SMILES string of the molecule is CN=C(NC1CN(C(=O)OC(C)(C)C)C1)NC1C2CCOC2C1(C)C. The number of nitrogens with one attached hydrogen (secondary N) is 2. The first kappa shape index (κ1) is 18.3. The fourth-order valence-electron chi connectivity index (χ4n) is 4.17. The number of carbonyl (C=O) groups is 1. The Morgan fingerprint density at radius 3 is 2.56 bits per heavy atom. The van der Waals surface area contributed by atoms with Crippen molar-refractivity contribution in [3.63, 3.8) is 0 Å². The third kappa shape index (κ3) is 3.57. The minimum atomic E-state index is -0.455. The first-order valence-electron chi connectivity index (χ1n) is 9.21. The largest absolute Gasteiger partial charge is 0.444 e. The summed E-state index contributed by atoms with van der Waals surface area (Å²) in [6.45, 7) is 12.3. The first-order valence-corrected chi connectivity index (χ1v) is 9.21. The number of guanidine groups is 1. The van der Waals surface area contributed by atoms with E-state index in [4.69, 9.17) is 9.47 Å². The van der Waals surface area contributed by atoms with Crippen molar-refractivity contribution in [2.24, 2.45) is 16.3 Å². The Morgan fingerprint density at radius 2 is 1.96 bits per heavy atom. The number of rotatable bonds is 2. The smallest absolute Gasteiger partial charge is 0.410 e. The van der Waals surface area contributed by atoms with E-state index in [9.17, 15) is 4.79 Å². The maximum atomic E-state index is 12.0. The zero-order valence-corrected chi connectivity index (χ0v) is 16.3. The van der Waals surface area contributed by atoms with E-state index in [1.54, 1.807) is 11.9 Å². The summed E-state index contributed by atoms with van der Waals surface area (Å²) in [6, 6.07) is 0.575. The van der Waals surface area contributed by atoms with Gasteiger partial charge in [-0.25, -0.2) is 4.79 Å². The maximum absolute atomic E-state index is 12.0. The number of hydrogen-bond donors (Lipinski definition) is 2. The molecule has 1 aliphatic carbocycles. The van der Waals surface area contributed by atoms with Gasteiger partial charge in [-0.1, -0.05) is 13.8 Å². The minimum absolute atomic E-state index is 0.112. The van der Waals surface area contributed by atoms with Gasteiger partial charge in [-0.15, -0.1) is 0 Å². The molecule has 3 unspecified atom stereocenters. The number of hydrogen-bond acceptors (Lipinski definition) is 4. The monoisotopic (exact) mass is 352 g/mol. The molecule has 0 bridgehead atoms. The molecule has 0 aromatic carbocycles. The minimum Gasteiger partial charge on any atom is -0.444 e. The van der Waals surface area contributed by atoms with E-state index in [1.165, 1.54) is 0 Å². The number of aliphatic imine (C=N–C) groups is 1. The lowest BCUT2D eigenvalue weighted by Gasteiger charge is -2.55. The van der Waals surface area contributed by atoms with E-state index < -0.39 is 5.60 Å². The normalized spacial score (nSPS) is 31.7. The molecule has 0 radical (unpaired) electrons. The lowest BCUT2D eigenvalue weighted by molar-refractivity contribution is -0.107. The maximum Gasteiger partial charge on any atom is 0.410 e. The summed E-state index contributed by atoms with van der Waals surface area (Å²) in [5, 5.41) is 6.99. The van der Waals surface area contributed by atoms with Crippen molar-refractivity contribution < 1.29 is 14.3 Å². The van der Waals surface area contributed by atoms with Gasteiger partial charge in [-0.2, -0.15) is 0 Å². The molecule has 3 atom stereocenters. The molecule has 0 aromatic rings. The topological polar surface area (TPSA) is 75.2 Å². The number of likely N-dealkylation sites (tertiary alicyclic amines) is 1. The molecule has 2 heterocycles. The molecule has 142 valence electrons. The first-order chi connectivity index (χ1) is 11.6. The third-order valence-corrected chi connectivity index (χ3v) is 5.49. The molecule has 2 aliphatic heterocycles. The lowest BCUT2D eigenvalue weighted by atomic mass is 9.57. The molecule has 0 aromatic heterocycles. The molecule has 25 heavy (non-hydrogen) atoms. The van der Waals surface area contributed by atoms with E-state index in [-0.39, 0.29) is 17.6 Å². The van der Waals surface area contributed by atoms with E-state index in [1.807, 2.05) is 20.8 Å². The highest BCUT2D eigenvalue weighted by Crippen LogP contribution is 2.52. The Labute approximate surface area is 150 Å². The number of nitrogens with zero attached hydrogens (tertiary/aromatic N) is 2. The van der Waals surface area contributed by atoms with Crippen LogP contribution in [-0.4, -0.2) is 67.5 Å². The molecule has 7 nitrogen and oxygen atoms in total. The molecule has 3 rings (SSSR count). The van der Waals surface area contributed by atoms with Crippen molar-refractivity contribution in [2.45, 2.75) is 64.8 Å². The van der Waals surface area contributed by atoms with E-state index in [2.05, 4.69) is 29.5 Å². The van der Waals surface area contributed by atoms with Crippen LogP contribution in [0.1, 0.15) is 41.0 Å². The van der Waals surface area contributed by atoms with Gasteiger partial charge in [0.25, 0.3) is 0 Å². The van der Waals surface area contributed by atoms with Crippen LogP contribution in [0.4, 0.5) is 4.79 Å². The highest BCUT2D eigenvalue weighted by atomic mass is 16.6. The summed E-state index contributed by atoms with van der Waals surface area (Å²) in [5.74, 6) is 1.37. The lowest BCUT2D eigenvalue weighted by Crippen LogP contribution is -2.70. The third-order valence-electron chi connectivity index (χ3n) is 5.49. The second-order valence-electron chi connectivity index (χ2n) is 8.99. The Bertz CT molecular complexity index is 549. The van der Waals surface area contributed by atoms with Crippen molar-refractivity contribution in [1.29, 1.82) is 0 Å². The number of amides is 1. The zero-order valence-electron chi connectivity index (χ0n) is 16.3. The predicted molar refractivity (Wildman–Crippen MR) is 96.6 cm³/mol. The predicted octanol–water partition coefficient (Wildman–Crippen LogP) is 1.58. The quantitative estimate of drug-likeness (QED) is 0.583. The van der Waals surface area contributed by atoms with Crippen LogP contribution in [0.15, 0.2) is 4.99 Å². The highest BCUT2D eigenvalue weighted by molar-refractivity contribution is 5.81. The van der Waals surface area contributed by atoms with Crippen LogP contribution in [0.5, 0.6) is 0 Å². The standard InChI is InChI=1S/C18H32N4O3/c1-17(2,3)25-16(23)22-9-11(10-22)20-15(19-6)21-13-12-7-8-24-14(12)18(13,4)5/h11-14H,7-10H2,1-6H3,(H2,19,20,21). The van der Waals surface area contributed by atoms with Gasteiger partial charge in [0.1, 0.15) is 5.60 Å². The molecular weight excluding hydrogens is 320 g/mol. The molecule has 3 aliphatic rings. The second kappa shape index (κ2) is 6.34. The van der Waals surface area contributed by atoms with Crippen LogP contribution in [0, 0.1) is 11.3 Å². The van der Waals surface area contributed by atoms with Gasteiger partial charge in [-0.3, -0.25) is 4.99 Å². The van der Waals surface area contributed by atoms with Gasteiger partial charge < -0.3 is 25.0 Å². The summed E-state index contributed by atoms with van der Waals surface area (Å²) in [6.07, 6.45) is 1.22. The van der Waals surface area contributed by atoms with Gasteiger partial charge in [0.2, 0.25) is 0 Å². The van der Waals surface area contributed by atoms with Crippen molar-refractivity contribution in [1.82, 2.24) is 15.5 Å². The highest BCUT2D eigenvalue weighted by Gasteiger charge is 2.59. The Kier molecular flexibility index (Phi) is 4.64. The molecule has 3 fully saturated rings. The number of ether oxygens (including phenoxy) is 2. The van der Waals surface area contributed by atoms with Gasteiger partial charge in [0.05, 0.1) is 12.1 Å². The van der Waals surface area contributed by atoms with Crippen LogP contribution in [0.25, 0.3) is 0 Å². The molecule has 2 saturated heterocycles. The van der Waals surface area contributed by atoms with E-state index in [0.29, 0.717) is 31.2 Å². The Balaban J connectivity index is 1.46. The van der Waals surface area contributed by atoms with Crippen LogP contribution in [-0.2, 0) is 9.47 Å². The van der Waals surface area contributed by atoms with Crippen molar-refractivity contribution in [2.75, 3.05) is 26.7 Å². The molecular formula is C18H32N4O3. The van der Waals surface area contributed by atoms with Crippen LogP contribution in [0.2, 0.25) is 0 Å². The van der Waals surface area contributed by atoms with Crippen LogP contribution in [0.3, 0.4) is 0 Å². The number of fused-ring (bicyclic) bond motifs is 1. The van der Waals surface area contributed by atoms with Crippen LogP contribution >= 0.6 is 0 Å². The average molecular weight is 352 g/mol. The van der Waals surface area contributed by atoms with Crippen molar-refractivity contribution in [3.05, 3.63) is 0 Å². The fourth-order valence-corrected chi connectivity index (χ4v) is 4.17. The van der Waals surface area contributed by atoms with E-state index in [0.717, 1.165) is 19.0 Å². The van der Waals surface area contributed by atoms with Gasteiger partial charge in [0, 0.05) is 44.1 Å². The second-order valence-corrected chi connectivity index (χ2v) is 8.99. The molecule has 2 N–H and O–H groups in total. The van der Waals surface area contributed by atoms with E-state index >= 15 is 0 Å². The van der Waals surface area contributed by atoms with Gasteiger partial charge >= 0.3 is 6.09 Å². The van der Waals surface area contributed by atoms with Gasteiger partial charge in [-0.05, 0) is 27.2 Å². The fraction of sp³-hybridized carbons (Fsp3) is 0.889.